The quantitative estimate of drug-likeness (QED) is 0.0731. The molecular weight excluding hydrogens is 602 g/mol. The van der Waals surface area contributed by atoms with Crippen LogP contribution in [0.15, 0.2) is 90.1 Å². The molecule has 1 atom stereocenters. The number of guanidine groups is 1. The van der Waals surface area contributed by atoms with Gasteiger partial charge in [-0.05, 0) is 49.3 Å². The van der Waals surface area contributed by atoms with E-state index in [2.05, 4.69) is 34.5 Å². The lowest BCUT2D eigenvalue weighted by molar-refractivity contribution is -0.121. The van der Waals surface area contributed by atoms with Gasteiger partial charge < -0.3 is 26.3 Å². The van der Waals surface area contributed by atoms with Gasteiger partial charge >= 0.3 is 0 Å². The summed E-state index contributed by atoms with van der Waals surface area (Å²) in [7, 11) is 0. The van der Waals surface area contributed by atoms with Crippen molar-refractivity contribution in [3.05, 3.63) is 96.3 Å². The van der Waals surface area contributed by atoms with Crippen molar-refractivity contribution in [1.82, 2.24) is 20.3 Å². The van der Waals surface area contributed by atoms with Crippen LogP contribution in [-0.2, 0) is 24.4 Å². The first-order chi connectivity index (χ1) is 21.9. The molecule has 46 heavy (non-hydrogen) atoms. The van der Waals surface area contributed by atoms with Gasteiger partial charge in [0.1, 0.15) is 23.8 Å². The second kappa shape index (κ2) is 19.1. The van der Waals surface area contributed by atoms with E-state index in [0.29, 0.717) is 57.0 Å². The standard InChI is InChI=1S/C35H45N7O3.ClH/c1-26(2)20-22-44-32-16-8-6-14-30(32)31-15-7-9-17-33(31)45-25-29-24-42(41-40-29)23-28(13-10-21-38-35(36)37)39-34(43)19-18-27-11-4-3-5-12-27;/h3-9,11-12,14-17,24,26,28H,10,13,18-23,25H2,1-2H3,(H,39,43)(H4,36,37,38);1H/t28-;/m1./s1. The van der Waals surface area contributed by atoms with Gasteiger partial charge in [0.2, 0.25) is 5.91 Å². The van der Waals surface area contributed by atoms with Gasteiger partial charge in [-0.1, -0.05) is 85.8 Å². The maximum Gasteiger partial charge on any atom is 0.220 e. The van der Waals surface area contributed by atoms with Gasteiger partial charge in [-0.2, -0.15) is 0 Å². The smallest absolute Gasteiger partial charge is 0.220 e. The van der Waals surface area contributed by atoms with E-state index in [-0.39, 0.29) is 36.9 Å². The number of rotatable bonds is 18. The number of carbonyl (C=O) groups excluding carboxylic acids is 1. The lowest BCUT2D eigenvalue weighted by Crippen LogP contribution is -2.38. The number of para-hydroxylation sites is 2. The Hall–Kier alpha value is -4.57. The van der Waals surface area contributed by atoms with Gasteiger partial charge in [0.05, 0.1) is 19.3 Å². The minimum atomic E-state index is -0.161. The van der Waals surface area contributed by atoms with Crippen molar-refractivity contribution < 1.29 is 14.3 Å². The Morgan fingerprint density at radius 2 is 1.57 bits per heavy atom. The monoisotopic (exact) mass is 647 g/mol. The van der Waals surface area contributed by atoms with E-state index in [1.807, 2.05) is 85.1 Å². The first-order valence-electron chi connectivity index (χ1n) is 15.6. The van der Waals surface area contributed by atoms with E-state index in [0.717, 1.165) is 34.6 Å². The Balaban J connectivity index is 0.00000576. The number of aliphatic imine (C=N–C) groups is 1. The van der Waals surface area contributed by atoms with E-state index in [4.69, 9.17) is 20.9 Å². The summed E-state index contributed by atoms with van der Waals surface area (Å²) in [5, 5.41) is 11.8. The Kier molecular flexibility index (Phi) is 14.9. The number of nitrogens with two attached hydrogens (primary N) is 2. The van der Waals surface area contributed by atoms with Crippen LogP contribution in [-0.4, -0.2) is 46.1 Å². The third-order valence-corrected chi connectivity index (χ3v) is 7.24. The average Bonchev–Trinajstić information content (AvgIpc) is 3.49. The number of hydrogen-bond donors (Lipinski definition) is 3. The maximum atomic E-state index is 12.8. The highest BCUT2D eigenvalue weighted by Gasteiger charge is 2.16. The molecule has 0 saturated carbocycles. The normalized spacial score (nSPS) is 11.4. The molecule has 10 nitrogen and oxygen atoms in total. The minimum Gasteiger partial charge on any atom is -0.493 e. The second-order valence-electron chi connectivity index (χ2n) is 11.4. The Morgan fingerprint density at radius 3 is 2.24 bits per heavy atom. The number of nitrogens with one attached hydrogen (secondary N) is 1. The van der Waals surface area contributed by atoms with Crippen LogP contribution in [0.2, 0.25) is 0 Å². The number of ether oxygens (including phenoxy) is 2. The molecule has 0 aliphatic rings. The third-order valence-electron chi connectivity index (χ3n) is 7.24. The van der Waals surface area contributed by atoms with Crippen LogP contribution in [0.25, 0.3) is 11.1 Å². The van der Waals surface area contributed by atoms with Gasteiger partial charge in [-0.3, -0.25) is 14.5 Å². The highest BCUT2D eigenvalue weighted by Crippen LogP contribution is 2.36. The van der Waals surface area contributed by atoms with Crippen LogP contribution in [0.1, 0.15) is 50.8 Å². The van der Waals surface area contributed by atoms with E-state index in [1.54, 1.807) is 4.68 Å². The number of hydrogen-bond acceptors (Lipinski definition) is 6. The summed E-state index contributed by atoms with van der Waals surface area (Å²) in [6.07, 6.45) is 5.31. The van der Waals surface area contributed by atoms with E-state index >= 15 is 0 Å². The molecule has 1 heterocycles. The predicted octanol–water partition coefficient (Wildman–Crippen LogP) is 5.54. The molecule has 0 bridgehead atoms. The molecule has 3 aromatic carbocycles. The zero-order chi connectivity index (χ0) is 31.9. The summed E-state index contributed by atoms with van der Waals surface area (Å²) in [5.41, 5.74) is 14.7. The highest BCUT2D eigenvalue weighted by molar-refractivity contribution is 5.85. The Labute approximate surface area is 278 Å². The van der Waals surface area contributed by atoms with Crippen molar-refractivity contribution in [3.8, 4) is 22.6 Å². The maximum absolute atomic E-state index is 12.8. The highest BCUT2D eigenvalue weighted by atomic mass is 35.5. The summed E-state index contributed by atoms with van der Waals surface area (Å²) in [6.45, 7) is 6.22. The molecule has 1 amide bonds. The van der Waals surface area contributed by atoms with Crippen molar-refractivity contribution in [1.29, 1.82) is 0 Å². The molecule has 0 saturated heterocycles. The van der Waals surface area contributed by atoms with Crippen LogP contribution in [0.3, 0.4) is 0 Å². The second-order valence-corrected chi connectivity index (χ2v) is 11.4. The molecule has 0 unspecified atom stereocenters. The van der Waals surface area contributed by atoms with Gasteiger partial charge in [-0.15, -0.1) is 17.5 Å². The fourth-order valence-electron chi connectivity index (χ4n) is 4.86. The number of halogens is 1. The molecule has 0 radical (unpaired) electrons. The fourth-order valence-corrected chi connectivity index (χ4v) is 4.86. The number of amides is 1. The lowest BCUT2D eigenvalue weighted by atomic mass is 10.0. The molecule has 4 aromatic rings. The van der Waals surface area contributed by atoms with Crippen LogP contribution in [0.5, 0.6) is 11.5 Å². The van der Waals surface area contributed by atoms with Crippen molar-refractivity contribution >= 4 is 24.3 Å². The molecule has 0 fully saturated rings. The first-order valence-corrected chi connectivity index (χ1v) is 15.6. The molecule has 5 N–H and O–H groups in total. The predicted molar refractivity (Wildman–Crippen MR) is 185 cm³/mol. The number of aryl methyl sites for hydroxylation is 1. The van der Waals surface area contributed by atoms with E-state index < -0.39 is 0 Å². The van der Waals surface area contributed by atoms with Crippen molar-refractivity contribution in [3.63, 3.8) is 0 Å². The Morgan fingerprint density at radius 1 is 0.913 bits per heavy atom. The Bertz CT molecular complexity index is 1510. The van der Waals surface area contributed by atoms with Crippen molar-refractivity contribution in [2.45, 2.75) is 65.1 Å². The zero-order valence-corrected chi connectivity index (χ0v) is 27.5. The van der Waals surface area contributed by atoms with Crippen LogP contribution in [0.4, 0.5) is 0 Å². The number of carbonyl (C=O) groups is 1. The summed E-state index contributed by atoms with van der Waals surface area (Å²) in [4.78, 5) is 16.9. The van der Waals surface area contributed by atoms with E-state index in [1.165, 1.54) is 0 Å². The van der Waals surface area contributed by atoms with Gasteiger partial charge in [0.25, 0.3) is 0 Å². The summed E-state index contributed by atoms with van der Waals surface area (Å²) in [5.74, 6) is 2.17. The van der Waals surface area contributed by atoms with Crippen LogP contribution < -0.4 is 26.3 Å². The fraction of sp³-hybridized carbons (Fsp3) is 0.371. The molecule has 4 rings (SSSR count). The molecule has 246 valence electrons. The molecule has 0 spiro atoms. The molecule has 0 aliphatic heterocycles. The first kappa shape index (κ1) is 35.9. The number of aromatic nitrogens is 3. The minimum absolute atomic E-state index is 0. The zero-order valence-electron chi connectivity index (χ0n) is 26.7. The van der Waals surface area contributed by atoms with Crippen molar-refractivity contribution in [2.75, 3.05) is 13.2 Å². The van der Waals surface area contributed by atoms with Crippen molar-refractivity contribution in [2.24, 2.45) is 22.4 Å². The largest absolute Gasteiger partial charge is 0.493 e. The molecule has 0 aliphatic carbocycles. The summed E-state index contributed by atoms with van der Waals surface area (Å²) in [6, 6.07) is 25.8. The van der Waals surface area contributed by atoms with Crippen LogP contribution >= 0.6 is 12.4 Å². The summed E-state index contributed by atoms with van der Waals surface area (Å²) >= 11 is 0. The van der Waals surface area contributed by atoms with E-state index in [9.17, 15) is 4.79 Å². The number of nitrogens with zero attached hydrogens (tertiary/aromatic N) is 4. The SMILES string of the molecule is CC(C)CCOc1ccccc1-c1ccccc1OCc1cn(C[C@@H](CCCN=C(N)N)NC(=O)CCc2ccccc2)nn1.Cl. The average molecular weight is 648 g/mol. The molecular formula is C35H46ClN7O3. The topological polar surface area (TPSA) is 143 Å². The molecule has 11 heteroatoms. The van der Waals surface area contributed by atoms with Gasteiger partial charge in [-0.25, -0.2) is 0 Å². The lowest BCUT2D eigenvalue weighted by Gasteiger charge is -2.18. The number of benzene rings is 3. The van der Waals surface area contributed by atoms with Gasteiger partial charge in [0, 0.05) is 30.1 Å². The summed E-state index contributed by atoms with van der Waals surface area (Å²) < 4.78 is 14.1. The van der Waals surface area contributed by atoms with Crippen LogP contribution in [0, 0.1) is 5.92 Å². The van der Waals surface area contributed by atoms with Gasteiger partial charge in [0.15, 0.2) is 5.96 Å². The molecule has 1 aromatic heterocycles. The third kappa shape index (κ3) is 12.1.